The van der Waals surface area contributed by atoms with Crippen molar-refractivity contribution < 1.29 is 4.74 Å². The molecule has 2 N–H and O–H groups in total. The highest BCUT2D eigenvalue weighted by Crippen LogP contribution is 2.34. The largest absolute Gasteiger partial charge is 0.378 e. The first kappa shape index (κ1) is 19.1. The second-order valence-electron chi connectivity index (χ2n) is 7.16. The summed E-state index contributed by atoms with van der Waals surface area (Å²) < 4.78 is 5.54. The minimum absolute atomic E-state index is 0.197. The quantitative estimate of drug-likeness (QED) is 0.605. The second-order valence-corrected chi connectivity index (χ2v) is 7.16. The molecule has 0 unspecified atom stereocenters. The average molecular weight is 391 g/mol. The fourth-order valence-corrected chi connectivity index (χ4v) is 3.73. The molecular weight excluding hydrogens is 366 g/mol. The van der Waals surface area contributed by atoms with Crippen molar-refractivity contribution in [3.63, 3.8) is 0 Å². The number of H-pyrrole nitrogens is 1. The molecule has 0 spiro atoms. The Morgan fingerprint density at radius 1 is 1.21 bits per heavy atom. The molecule has 0 saturated carbocycles. The molecule has 0 bridgehead atoms. The molecule has 2 aromatic rings. The molecule has 1 aromatic heterocycles. The van der Waals surface area contributed by atoms with Crippen LogP contribution in [0, 0.1) is 6.92 Å². The van der Waals surface area contributed by atoms with Crippen LogP contribution in [-0.4, -0.2) is 47.4 Å². The molecule has 2 heterocycles. The number of nitrogens with one attached hydrogen (secondary N) is 2. The van der Waals surface area contributed by atoms with Crippen LogP contribution in [0.2, 0.25) is 0 Å². The summed E-state index contributed by atoms with van der Waals surface area (Å²) in [5.41, 5.74) is 8.24. The van der Waals surface area contributed by atoms with Crippen LogP contribution in [0.15, 0.2) is 63.1 Å². The third-order valence-electron chi connectivity index (χ3n) is 5.00. The Bertz CT molecular complexity index is 1000. The summed E-state index contributed by atoms with van der Waals surface area (Å²) in [5, 5.41) is 4.34. The van der Waals surface area contributed by atoms with Crippen molar-refractivity contribution >= 4 is 18.2 Å². The lowest BCUT2D eigenvalue weighted by molar-refractivity contribution is 0.0548. The third kappa shape index (κ3) is 4.81. The van der Waals surface area contributed by atoms with Gasteiger partial charge in [-0.1, -0.05) is 30.3 Å². The summed E-state index contributed by atoms with van der Waals surface area (Å²) in [6, 6.07) is 11.8. The van der Waals surface area contributed by atoms with E-state index in [0.717, 1.165) is 39.1 Å². The normalized spacial score (nSPS) is 18.8. The maximum atomic E-state index is 11.6. The van der Waals surface area contributed by atoms with E-state index < -0.39 is 0 Å². The van der Waals surface area contributed by atoms with Crippen LogP contribution in [0.3, 0.4) is 0 Å². The predicted molar refractivity (Wildman–Crippen MR) is 115 cm³/mol. The van der Waals surface area contributed by atoms with Gasteiger partial charge in [0.1, 0.15) is 0 Å². The molecule has 0 amide bonds. The Morgan fingerprint density at radius 2 is 2.00 bits per heavy atom. The summed E-state index contributed by atoms with van der Waals surface area (Å²) in [6.07, 6.45) is 6.01. The lowest BCUT2D eigenvalue weighted by atomic mass is 10.1. The Labute approximate surface area is 169 Å². The highest BCUT2D eigenvalue weighted by molar-refractivity contribution is 5.84. The number of aromatic amines is 1. The van der Waals surface area contributed by atoms with Crippen LogP contribution < -0.4 is 11.0 Å². The van der Waals surface area contributed by atoms with E-state index in [4.69, 9.17) is 4.74 Å². The predicted octanol–water partition coefficient (Wildman–Crippen LogP) is 2.94. The highest BCUT2D eigenvalue weighted by Gasteiger charge is 2.25. The first-order chi connectivity index (χ1) is 14.2. The molecule has 1 aliphatic carbocycles. The van der Waals surface area contributed by atoms with Gasteiger partial charge in [0, 0.05) is 30.5 Å². The van der Waals surface area contributed by atoms with Crippen LogP contribution in [0.4, 0.5) is 5.95 Å². The molecule has 0 radical (unpaired) electrons. The molecular formula is C22H25N5O2. The Kier molecular flexibility index (Phi) is 5.86. The molecule has 7 heteroatoms. The van der Waals surface area contributed by atoms with Crippen molar-refractivity contribution in [1.29, 1.82) is 0 Å². The zero-order valence-electron chi connectivity index (χ0n) is 16.5. The number of benzene rings is 1. The van der Waals surface area contributed by atoms with Gasteiger partial charge >= 0.3 is 0 Å². The van der Waals surface area contributed by atoms with Gasteiger partial charge in [0.15, 0.2) is 0 Å². The molecule has 2 aliphatic rings. The van der Waals surface area contributed by atoms with Crippen LogP contribution >= 0.6 is 0 Å². The van der Waals surface area contributed by atoms with Crippen molar-refractivity contribution in [1.82, 2.24) is 14.9 Å². The van der Waals surface area contributed by atoms with E-state index in [2.05, 4.69) is 55.7 Å². The second kappa shape index (κ2) is 8.87. The summed E-state index contributed by atoms with van der Waals surface area (Å²) >= 11 is 0. The van der Waals surface area contributed by atoms with E-state index in [9.17, 15) is 4.79 Å². The minimum atomic E-state index is -0.197. The highest BCUT2D eigenvalue weighted by atomic mass is 16.5. The summed E-state index contributed by atoms with van der Waals surface area (Å²) in [5.74, 6) is 0.345. The molecule has 29 heavy (non-hydrogen) atoms. The summed E-state index contributed by atoms with van der Waals surface area (Å²) in [6.45, 7) is 5.00. The lowest BCUT2D eigenvalue weighted by Gasteiger charge is -2.31. The molecule has 7 nitrogen and oxygen atoms in total. The van der Waals surface area contributed by atoms with Gasteiger partial charge in [0.05, 0.1) is 19.4 Å². The number of hydrogen-bond donors (Lipinski definition) is 2. The average Bonchev–Trinajstić information content (AvgIpc) is 3.11. The first-order valence-electron chi connectivity index (χ1n) is 9.88. The van der Waals surface area contributed by atoms with Gasteiger partial charge in [-0.25, -0.2) is 10.4 Å². The van der Waals surface area contributed by atoms with E-state index in [1.165, 1.54) is 28.5 Å². The first-order valence-corrected chi connectivity index (χ1v) is 9.88. The fraction of sp³-hybridized carbons (Fsp3) is 0.318. The fourth-order valence-electron chi connectivity index (χ4n) is 3.73. The Morgan fingerprint density at radius 3 is 2.76 bits per heavy atom. The van der Waals surface area contributed by atoms with Crippen LogP contribution in [-0.2, 0) is 4.74 Å². The van der Waals surface area contributed by atoms with Crippen molar-refractivity contribution in [2.75, 3.05) is 31.7 Å². The van der Waals surface area contributed by atoms with E-state index in [1.807, 2.05) is 12.3 Å². The number of rotatable bonds is 5. The van der Waals surface area contributed by atoms with Gasteiger partial charge < -0.3 is 9.64 Å². The summed E-state index contributed by atoms with van der Waals surface area (Å²) in [7, 11) is 0. The monoisotopic (exact) mass is 391 g/mol. The molecule has 150 valence electrons. The standard InChI is InChI=1S/C22H25N5O2/c1-16-13-20(28)25-22(24-16)26-23-15-19-8-7-18(14-17-5-3-2-4-6-17)21(19)27-9-11-29-12-10-27/h2-6,13-15H,7-12H2,1H3,(H2,24,25,26,28)/b18-14-,23-15-. The smallest absolute Gasteiger partial charge is 0.252 e. The number of aryl methyl sites for hydroxylation is 1. The molecule has 0 atom stereocenters. The number of aromatic nitrogens is 2. The number of allylic oxidation sites excluding steroid dienone is 2. The number of nitrogens with zero attached hydrogens (tertiary/aromatic N) is 3. The zero-order valence-corrected chi connectivity index (χ0v) is 16.5. The third-order valence-corrected chi connectivity index (χ3v) is 5.00. The number of ether oxygens (including phenoxy) is 1. The Hall–Kier alpha value is -3.19. The van der Waals surface area contributed by atoms with Gasteiger partial charge in [-0.3, -0.25) is 9.78 Å². The van der Waals surface area contributed by atoms with Gasteiger partial charge in [0.25, 0.3) is 5.56 Å². The SMILES string of the molecule is Cc1cc(=O)[nH]c(N/N=C\C2=C(N3CCOCC3)C(=C\c3ccccc3)/CC2)n1. The molecule has 1 aliphatic heterocycles. The van der Waals surface area contributed by atoms with Crippen LogP contribution in [0.1, 0.15) is 24.1 Å². The Balaban J connectivity index is 1.61. The zero-order chi connectivity index (χ0) is 20.1. The topological polar surface area (TPSA) is 82.6 Å². The molecule has 4 rings (SSSR count). The van der Waals surface area contributed by atoms with Crippen LogP contribution in [0.25, 0.3) is 6.08 Å². The minimum Gasteiger partial charge on any atom is -0.378 e. The number of hydrazone groups is 1. The van der Waals surface area contributed by atoms with Gasteiger partial charge in [0.2, 0.25) is 5.95 Å². The van der Waals surface area contributed by atoms with Crippen molar-refractivity contribution in [3.05, 3.63) is 74.9 Å². The van der Waals surface area contributed by atoms with Gasteiger partial charge in [-0.05, 0) is 42.6 Å². The van der Waals surface area contributed by atoms with E-state index in [0.29, 0.717) is 11.6 Å². The number of hydrogen-bond acceptors (Lipinski definition) is 6. The lowest BCUT2D eigenvalue weighted by Crippen LogP contribution is -2.36. The van der Waals surface area contributed by atoms with Gasteiger partial charge in [-0.2, -0.15) is 5.10 Å². The molecule has 1 fully saturated rings. The summed E-state index contributed by atoms with van der Waals surface area (Å²) in [4.78, 5) is 20.9. The maximum Gasteiger partial charge on any atom is 0.252 e. The number of morpholine rings is 1. The van der Waals surface area contributed by atoms with Gasteiger partial charge in [-0.15, -0.1) is 0 Å². The van der Waals surface area contributed by atoms with Crippen molar-refractivity contribution in [3.8, 4) is 0 Å². The molecule has 1 aromatic carbocycles. The van der Waals surface area contributed by atoms with E-state index in [-0.39, 0.29) is 5.56 Å². The van der Waals surface area contributed by atoms with Crippen LogP contribution in [0.5, 0.6) is 0 Å². The van der Waals surface area contributed by atoms with E-state index >= 15 is 0 Å². The van der Waals surface area contributed by atoms with Crippen molar-refractivity contribution in [2.45, 2.75) is 19.8 Å². The van der Waals surface area contributed by atoms with Crippen molar-refractivity contribution in [2.24, 2.45) is 5.10 Å². The van der Waals surface area contributed by atoms with E-state index in [1.54, 1.807) is 6.92 Å². The maximum absolute atomic E-state index is 11.6. The molecule has 1 saturated heterocycles. The number of anilines is 1.